The Hall–Kier alpha value is -1.06. The summed E-state index contributed by atoms with van der Waals surface area (Å²) in [5, 5.41) is 9.80. The van der Waals surface area contributed by atoms with E-state index in [0.29, 0.717) is 11.6 Å². The molecule has 0 bridgehead atoms. The van der Waals surface area contributed by atoms with E-state index in [1.807, 2.05) is 36.2 Å². The van der Waals surface area contributed by atoms with E-state index in [-0.39, 0.29) is 0 Å². The Labute approximate surface area is 107 Å². The lowest BCUT2D eigenvalue weighted by molar-refractivity contribution is -0.148. The number of rotatable bonds is 5. The van der Waals surface area contributed by atoms with Gasteiger partial charge in [-0.05, 0) is 45.0 Å². The molecule has 0 atom stereocenters. The molecule has 0 saturated heterocycles. The molecule has 1 aromatic carbocycles. The van der Waals surface area contributed by atoms with Crippen molar-refractivity contribution in [2.75, 3.05) is 13.6 Å². The van der Waals surface area contributed by atoms with Gasteiger partial charge in [0.25, 0.3) is 0 Å². The summed E-state index contributed by atoms with van der Waals surface area (Å²) in [7, 11) is 1.82. The predicted octanol–water partition coefficient (Wildman–Crippen LogP) is 2.68. The second-order valence-electron chi connectivity index (χ2n) is 4.66. The zero-order valence-electron chi connectivity index (χ0n) is 10.4. The van der Waals surface area contributed by atoms with Gasteiger partial charge in [0.2, 0.25) is 0 Å². The van der Waals surface area contributed by atoms with Crippen LogP contribution in [0.4, 0.5) is 0 Å². The van der Waals surface area contributed by atoms with Gasteiger partial charge >= 0.3 is 5.97 Å². The van der Waals surface area contributed by atoms with Gasteiger partial charge < -0.3 is 5.11 Å². The summed E-state index contributed by atoms with van der Waals surface area (Å²) in [6, 6.07) is 7.62. The first-order chi connectivity index (χ1) is 7.84. The Morgan fingerprint density at radius 3 is 2.35 bits per heavy atom. The lowest BCUT2D eigenvalue weighted by Crippen LogP contribution is -2.48. The molecule has 0 spiro atoms. The molecule has 1 rings (SSSR count). The molecule has 17 heavy (non-hydrogen) atoms. The van der Waals surface area contributed by atoms with E-state index in [4.69, 9.17) is 16.7 Å². The zero-order valence-corrected chi connectivity index (χ0v) is 11.2. The van der Waals surface area contributed by atoms with Crippen molar-refractivity contribution in [3.8, 4) is 0 Å². The van der Waals surface area contributed by atoms with Crippen LogP contribution in [0.5, 0.6) is 0 Å². The Morgan fingerprint density at radius 1 is 1.35 bits per heavy atom. The minimum Gasteiger partial charge on any atom is -0.480 e. The van der Waals surface area contributed by atoms with E-state index in [2.05, 4.69) is 0 Å². The number of hydrogen-bond donors (Lipinski definition) is 1. The molecule has 0 aromatic heterocycles. The van der Waals surface area contributed by atoms with E-state index in [1.165, 1.54) is 0 Å². The van der Waals surface area contributed by atoms with Gasteiger partial charge in [0.05, 0.1) is 0 Å². The van der Waals surface area contributed by atoms with Crippen LogP contribution >= 0.6 is 11.6 Å². The van der Waals surface area contributed by atoms with Crippen LogP contribution in [0.15, 0.2) is 24.3 Å². The molecule has 94 valence electrons. The Balaban J connectivity index is 2.56. The van der Waals surface area contributed by atoms with Crippen molar-refractivity contribution in [1.29, 1.82) is 0 Å². The van der Waals surface area contributed by atoms with Gasteiger partial charge in [-0.15, -0.1) is 0 Å². The molecule has 0 aliphatic carbocycles. The zero-order chi connectivity index (χ0) is 13.1. The van der Waals surface area contributed by atoms with Crippen molar-refractivity contribution in [2.24, 2.45) is 0 Å². The summed E-state index contributed by atoms with van der Waals surface area (Å²) in [5.41, 5.74) is 0.314. The third-order valence-electron chi connectivity index (χ3n) is 3.13. The van der Waals surface area contributed by atoms with Crippen molar-refractivity contribution in [3.05, 3.63) is 34.9 Å². The fourth-order valence-corrected chi connectivity index (χ4v) is 1.52. The van der Waals surface area contributed by atoms with Gasteiger partial charge in [0.15, 0.2) is 0 Å². The summed E-state index contributed by atoms with van der Waals surface area (Å²) in [4.78, 5) is 12.9. The number of nitrogens with zero attached hydrogens (tertiary/aromatic N) is 1. The minimum absolute atomic E-state index is 0.695. The highest BCUT2D eigenvalue weighted by atomic mass is 35.5. The molecule has 0 aliphatic heterocycles. The number of carboxylic acid groups (broad SMARTS) is 1. The molecule has 0 unspecified atom stereocenters. The fraction of sp³-hybridized carbons (Fsp3) is 0.462. The topological polar surface area (TPSA) is 40.5 Å². The molecular weight excluding hydrogens is 238 g/mol. The Morgan fingerprint density at radius 2 is 1.88 bits per heavy atom. The van der Waals surface area contributed by atoms with E-state index < -0.39 is 11.5 Å². The third kappa shape index (κ3) is 3.72. The summed E-state index contributed by atoms with van der Waals surface area (Å²) in [6.45, 7) is 4.11. The molecule has 0 saturated carbocycles. The number of aliphatic carboxylic acids is 1. The van der Waals surface area contributed by atoms with Gasteiger partial charge in [0, 0.05) is 11.6 Å². The monoisotopic (exact) mass is 255 g/mol. The number of carboxylic acids is 1. The first-order valence-electron chi connectivity index (χ1n) is 5.53. The highest BCUT2D eigenvalue weighted by Gasteiger charge is 2.31. The number of carbonyl (C=O) groups is 1. The Kier molecular flexibility index (Phi) is 4.54. The fourth-order valence-electron chi connectivity index (χ4n) is 1.39. The first-order valence-corrected chi connectivity index (χ1v) is 5.91. The van der Waals surface area contributed by atoms with E-state index in [0.717, 1.165) is 12.0 Å². The van der Waals surface area contributed by atoms with Crippen LogP contribution in [0.2, 0.25) is 5.02 Å². The molecule has 0 heterocycles. The molecule has 0 aliphatic rings. The standard InChI is InChI=1S/C13H18ClNO2/c1-13(2,12(16)17)15(3)9-8-10-4-6-11(14)7-5-10/h4-7H,8-9H2,1-3H3,(H,16,17). The van der Waals surface area contributed by atoms with E-state index >= 15 is 0 Å². The van der Waals surface area contributed by atoms with Crippen molar-refractivity contribution >= 4 is 17.6 Å². The van der Waals surface area contributed by atoms with Crippen LogP contribution in [0.3, 0.4) is 0 Å². The largest absolute Gasteiger partial charge is 0.480 e. The highest BCUT2D eigenvalue weighted by Crippen LogP contribution is 2.14. The van der Waals surface area contributed by atoms with Gasteiger partial charge in [-0.3, -0.25) is 9.69 Å². The maximum Gasteiger partial charge on any atom is 0.323 e. The Bertz CT molecular complexity index is 387. The molecule has 0 radical (unpaired) electrons. The van der Waals surface area contributed by atoms with Gasteiger partial charge in [-0.25, -0.2) is 0 Å². The predicted molar refractivity (Wildman–Crippen MR) is 69.5 cm³/mol. The average Bonchev–Trinajstić information content (AvgIpc) is 2.27. The maximum absolute atomic E-state index is 11.1. The smallest absolute Gasteiger partial charge is 0.323 e. The van der Waals surface area contributed by atoms with E-state index in [1.54, 1.807) is 13.8 Å². The molecule has 1 N–H and O–H groups in total. The normalized spacial score (nSPS) is 11.8. The second kappa shape index (κ2) is 5.52. The molecular formula is C13H18ClNO2. The number of halogens is 1. The molecule has 4 heteroatoms. The van der Waals surface area contributed by atoms with Crippen molar-refractivity contribution in [2.45, 2.75) is 25.8 Å². The lowest BCUT2D eigenvalue weighted by atomic mass is 10.0. The van der Waals surface area contributed by atoms with Crippen molar-refractivity contribution < 1.29 is 9.90 Å². The number of likely N-dealkylation sites (N-methyl/N-ethyl adjacent to an activating group) is 1. The van der Waals surface area contributed by atoms with Crippen molar-refractivity contribution in [3.63, 3.8) is 0 Å². The van der Waals surface area contributed by atoms with E-state index in [9.17, 15) is 4.79 Å². The summed E-state index contributed by atoms with van der Waals surface area (Å²) in [5.74, 6) is -0.809. The summed E-state index contributed by atoms with van der Waals surface area (Å²) in [6.07, 6.45) is 0.810. The minimum atomic E-state index is -0.841. The van der Waals surface area contributed by atoms with Crippen LogP contribution in [0, 0.1) is 0 Å². The lowest BCUT2D eigenvalue weighted by Gasteiger charge is -2.31. The van der Waals surface area contributed by atoms with Crippen LogP contribution in [-0.2, 0) is 11.2 Å². The third-order valence-corrected chi connectivity index (χ3v) is 3.38. The van der Waals surface area contributed by atoms with Crippen LogP contribution in [0.25, 0.3) is 0 Å². The second-order valence-corrected chi connectivity index (χ2v) is 5.10. The van der Waals surface area contributed by atoms with Crippen LogP contribution < -0.4 is 0 Å². The SMILES string of the molecule is CN(CCc1ccc(Cl)cc1)C(C)(C)C(=O)O. The molecule has 3 nitrogen and oxygen atoms in total. The summed E-state index contributed by atoms with van der Waals surface area (Å²) < 4.78 is 0. The van der Waals surface area contributed by atoms with Crippen molar-refractivity contribution in [1.82, 2.24) is 4.90 Å². The van der Waals surface area contributed by atoms with Crippen LogP contribution in [-0.4, -0.2) is 35.1 Å². The molecule has 0 amide bonds. The summed E-state index contributed by atoms with van der Waals surface area (Å²) >= 11 is 5.80. The van der Waals surface area contributed by atoms with Gasteiger partial charge in [-0.1, -0.05) is 23.7 Å². The molecule has 0 fully saturated rings. The maximum atomic E-state index is 11.1. The highest BCUT2D eigenvalue weighted by molar-refractivity contribution is 6.30. The average molecular weight is 256 g/mol. The van der Waals surface area contributed by atoms with Crippen LogP contribution in [0.1, 0.15) is 19.4 Å². The number of benzene rings is 1. The first kappa shape index (κ1) is 14.0. The molecule has 1 aromatic rings. The number of hydrogen-bond acceptors (Lipinski definition) is 2. The van der Waals surface area contributed by atoms with Gasteiger partial charge in [0.1, 0.15) is 5.54 Å². The van der Waals surface area contributed by atoms with Gasteiger partial charge in [-0.2, -0.15) is 0 Å². The quantitative estimate of drug-likeness (QED) is 0.880.